The van der Waals surface area contributed by atoms with Gasteiger partial charge in [0.15, 0.2) is 0 Å². The highest BCUT2D eigenvalue weighted by atomic mass is 28.4. The Kier molecular flexibility index (Phi) is 6.35. The van der Waals surface area contributed by atoms with Crippen LogP contribution in [0.3, 0.4) is 0 Å². The fraction of sp³-hybridized carbons (Fsp3) is 1.00. The molecule has 108 valence electrons. The number of hydrogen-bond acceptors (Lipinski definition) is 2. The number of hydrogen-bond donors (Lipinski definition) is 0. The van der Waals surface area contributed by atoms with Crippen LogP contribution in [0.15, 0.2) is 0 Å². The van der Waals surface area contributed by atoms with Crippen LogP contribution in [-0.4, -0.2) is 22.8 Å². The number of unbranched alkanes of at least 4 members (excludes halogenated alkanes) is 2. The maximum absolute atomic E-state index is 6.08. The highest BCUT2D eigenvalue weighted by Crippen LogP contribution is 2.53. The van der Waals surface area contributed by atoms with Gasteiger partial charge in [-0.25, -0.2) is 0 Å². The summed E-state index contributed by atoms with van der Waals surface area (Å²) in [6.07, 6.45) is 10.5. The lowest BCUT2D eigenvalue weighted by molar-refractivity contribution is 0.191. The molecule has 0 bridgehead atoms. The summed E-state index contributed by atoms with van der Waals surface area (Å²) in [5.41, 5.74) is 0.698. The maximum Gasteiger partial charge on any atom is 0.346 e. The third kappa shape index (κ3) is 3.17. The highest BCUT2D eigenvalue weighted by Gasteiger charge is 2.56. The second-order valence-electron chi connectivity index (χ2n) is 6.40. The van der Waals surface area contributed by atoms with Crippen molar-refractivity contribution < 1.29 is 8.85 Å². The molecule has 2 nitrogen and oxygen atoms in total. The van der Waals surface area contributed by atoms with Crippen molar-refractivity contribution in [1.29, 1.82) is 0 Å². The van der Waals surface area contributed by atoms with Gasteiger partial charge in [0.1, 0.15) is 0 Å². The Morgan fingerprint density at radius 1 is 1.06 bits per heavy atom. The average molecular weight is 273 g/mol. The summed E-state index contributed by atoms with van der Waals surface area (Å²) < 4.78 is 12.2. The molecular weight excluding hydrogens is 240 g/mol. The van der Waals surface area contributed by atoms with Crippen molar-refractivity contribution >= 4 is 8.56 Å². The summed E-state index contributed by atoms with van der Waals surface area (Å²) in [7, 11) is 1.68. The van der Waals surface area contributed by atoms with Crippen LogP contribution >= 0.6 is 0 Å². The van der Waals surface area contributed by atoms with E-state index in [1.54, 1.807) is 0 Å². The van der Waals surface area contributed by atoms with Gasteiger partial charge in [-0.3, -0.25) is 0 Å². The molecule has 0 aromatic heterocycles. The second kappa shape index (κ2) is 7.06. The molecule has 0 unspecified atom stereocenters. The summed E-state index contributed by atoms with van der Waals surface area (Å²) in [6, 6.07) is 0. The molecule has 0 aromatic carbocycles. The van der Waals surface area contributed by atoms with Crippen LogP contribution in [0.1, 0.15) is 72.1 Å². The molecule has 0 atom stereocenters. The van der Waals surface area contributed by atoms with Crippen molar-refractivity contribution in [3.8, 4) is 0 Å². The quantitative estimate of drug-likeness (QED) is 0.456. The minimum Gasteiger partial charge on any atom is -0.397 e. The molecule has 0 radical (unpaired) electrons. The highest BCUT2D eigenvalue weighted by molar-refractivity contribution is 6.72. The smallest absolute Gasteiger partial charge is 0.346 e. The van der Waals surface area contributed by atoms with Crippen LogP contribution < -0.4 is 0 Å². The van der Waals surface area contributed by atoms with Gasteiger partial charge in [0.05, 0.1) is 0 Å². The van der Waals surface area contributed by atoms with Gasteiger partial charge in [0.25, 0.3) is 0 Å². The maximum atomic E-state index is 6.08. The molecule has 1 saturated carbocycles. The monoisotopic (exact) mass is 272 g/mol. The van der Waals surface area contributed by atoms with Crippen LogP contribution in [0.4, 0.5) is 0 Å². The van der Waals surface area contributed by atoms with Crippen molar-refractivity contribution in [1.82, 2.24) is 0 Å². The van der Waals surface area contributed by atoms with Gasteiger partial charge >= 0.3 is 8.56 Å². The molecule has 3 heteroatoms. The molecule has 1 aliphatic rings. The Labute approximate surface area is 115 Å². The topological polar surface area (TPSA) is 18.5 Å². The Balaban J connectivity index is 2.80. The molecule has 0 spiro atoms. The summed E-state index contributed by atoms with van der Waals surface area (Å²) in [4.78, 5) is 0. The van der Waals surface area contributed by atoms with Crippen LogP contribution in [0.2, 0.25) is 10.6 Å². The molecule has 0 N–H and O–H groups in total. The Morgan fingerprint density at radius 2 is 1.61 bits per heavy atom. The Bertz CT molecular complexity index is 231. The summed E-state index contributed by atoms with van der Waals surface area (Å²) in [5, 5.41) is 0.223. The summed E-state index contributed by atoms with van der Waals surface area (Å²) >= 11 is 0. The average Bonchev–Trinajstić information content (AvgIpc) is 2.85. The Morgan fingerprint density at radius 3 is 2.06 bits per heavy atom. The first-order valence-corrected chi connectivity index (χ1v) is 9.53. The van der Waals surface area contributed by atoms with E-state index >= 15 is 0 Å². The standard InChI is InChI=1S/C15H32O2Si/c1-6-7-10-13-15(2,3)18(16-4,17-5)14-11-8-9-12-14/h14H,6-13H2,1-5H3. The van der Waals surface area contributed by atoms with Gasteiger partial charge in [-0.2, -0.15) is 0 Å². The van der Waals surface area contributed by atoms with E-state index in [2.05, 4.69) is 20.8 Å². The third-order valence-corrected chi connectivity index (χ3v) is 9.85. The van der Waals surface area contributed by atoms with Gasteiger partial charge in [0, 0.05) is 24.8 Å². The van der Waals surface area contributed by atoms with Crippen molar-refractivity contribution in [2.45, 2.75) is 82.7 Å². The molecule has 1 aliphatic carbocycles. The molecule has 0 heterocycles. The fourth-order valence-electron chi connectivity index (χ4n) is 3.82. The minimum atomic E-state index is -2.09. The van der Waals surface area contributed by atoms with E-state index in [-0.39, 0.29) is 5.04 Å². The first-order valence-electron chi connectivity index (χ1n) is 7.64. The second-order valence-corrected chi connectivity index (χ2v) is 10.7. The largest absolute Gasteiger partial charge is 0.397 e. The fourth-order valence-corrected chi connectivity index (χ4v) is 8.56. The zero-order valence-corrected chi connectivity index (χ0v) is 14.1. The van der Waals surface area contributed by atoms with Crippen LogP contribution in [0.5, 0.6) is 0 Å². The summed E-state index contributed by atoms with van der Waals surface area (Å²) in [5.74, 6) is 0. The predicted molar refractivity (Wildman–Crippen MR) is 80.2 cm³/mol. The first-order chi connectivity index (χ1) is 8.54. The SMILES string of the molecule is CCCCCC(C)(C)[Si](OC)(OC)C1CCCC1. The van der Waals surface area contributed by atoms with Crippen LogP contribution in [0.25, 0.3) is 0 Å². The minimum absolute atomic E-state index is 0.223. The van der Waals surface area contributed by atoms with Gasteiger partial charge in [-0.1, -0.05) is 52.9 Å². The van der Waals surface area contributed by atoms with Gasteiger partial charge in [-0.15, -0.1) is 0 Å². The Hall–Kier alpha value is 0.137. The van der Waals surface area contributed by atoms with E-state index in [1.807, 2.05) is 14.2 Å². The van der Waals surface area contributed by atoms with E-state index in [1.165, 1.54) is 51.4 Å². The van der Waals surface area contributed by atoms with Crippen LogP contribution in [0, 0.1) is 0 Å². The van der Waals surface area contributed by atoms with Gasteiger partial charge in [-0.05, 0) is 19.3 Å². The van der Waals surface area contributed by atoms with E-state index in [9.17, 15) is 0 Å². The number of rotatable bonds is 8. The third-order valence-electron chi connectivity index (χ3n) is 4.85. The van der Waals surface area contributed by atoms with Crippen molar-refractivity contribution in [2.24, 2.45) is 0 Å². The van der Waals surface area contributed by atoms with E-state index in [0.29, 0.717) is 5.54 Å². The lowest BCUT2D eigenvalue weighted by Crippen LogP contribution is -2.53. The van der Waals surface area contributed by atoms with Crippen LogP contribution in [-0.2, 0) is 8.85 Å². The zero-order chi connectivity index (χ0) is 13.6. The molecule has 1 fully saturated rings. The van der Waals surface area contributed by atoms with Gasteiger partial charge < -0.3 is 8.85 Å². The zero-order valence-electron chi connectivity index (χ0n) is 13.1. The normalized spacial score (nSPS) is 18.5. The molecule has 0 aliphatic heterocycles. The lowest BCUT2D eigenvalue weighted by atomic mass is 10.0. The molecule has 18 heavy (non-hydrogen) atoms. The predicted octanol–water partition coefficient (Wildman–Crippen LogP) is 5.03. The lowest BCUT2D eigenvalue weighted by Gasteiger charge is -2.45. The molecular formula is C15H32O2Si. The molecule has 1 rings (SSSR count). The van der Waals surface area contributed by atoms with E-state index < -0.39 is 8.56 Å². The molecule has 0 saturated heterocycles. The van der Waals surface area contributed by atoms with Crippen molar-refractivity contribution in [3.63, 3.8) is 0 Å². The van der Waals surface area contributed by atoms with Gasteiger partial charge in [0.2, 0.25) is 0 Å². The first kappa shape index (κ1) is 16.2. The molecule has 0 aromatic rings. The molecule has 0 amide bonds. The van der Waals surface area contributed by atoms with E-state index in [4.69, 9.17) is 8.85 Å². The van der Waals surface area contributed by atoms with Crippen molar-refractivity contribution in [2.75, 3.05) is 14.2 Å². The van der Waals surface area contributed by atoms with E-state index in [0.717, 1.165) is 0 Å². The summed E-state index contributed by atoms with van der Waals surface area (Å²) in [6.45, 7) is 7.02. The van der Waals surface area contributed by atoms with Crippen molar-refractivity contribution in [3.05, 3.63) is 0 Å².